The van der Waals surface area contributed by atoms with Crippen LogP contribution in [0.2, 0.25) is 0 Å². The van der Waals surface area contributed by atoms with E-state index < -0.39 is 27.7 Å². The van der Waals surface area contributed by atoms with Crippen LogP contribution in [0.15, 0.2) is 29.2 Å². The van der Waals surface area contributed by atoms with Crippen molar-refractivity contribution >= 4 is 15.9 Å². The maximum Gasteiger partial charge on any atom is 0.253 e. The van der Waals surface area contributed by atoms with Crippen LogP contribution in [0.3, 0.4) is 0 Å². The fraction of sp³-hybridized carbons (Fsp3) is 0.656. The summed E-state index contributed by atoms with van der Waals surface area (Å²) in [5.41, 5.74) is 1.83. The number of nitrogens with one attached hydrogen (secondary N) is 2. The molecule has 1 amide bonds. The minimum absolute atomic E-state index is 0.00107. The van der Waals surface area contributed by atoms with E-state index in [0.29, 0.717) is 42.5 Å². The van der Waals surface area contributed by atoms with E-state index in [-0.39, 0.29) is 16.8 Å². The van der Waals surface area contributed by atoms with Crippen molar-refractivity contribution in [2.75, 3.05) is 13.2 Å². The number of nitrogens with zero attached hydrogens (tertiary/aromatic N) is 1. The standard InChI is InChI=1S/C32H48FN3O4S/c1-31(2,3)26-18-23(12-13-29(26)41(38,39)35-32(4,5)6)27-19-25(30(37)34-24-14-16-40-17-15-24)28(20-33)36(27)21-22-10-8-7-9-11-22/h12-13,18-19,22,24,35H,7-11,14-17,20-21H2,1-6H3,(H,34,37). The van der Waals surface area contributed by atoms with Gasteiger partial charge in [0, 0.05) is 37.0 Å². The lowest BCUT2D eigenvalue weighted by atomic mass is 9.85. The highest BCUT2D eigenvalue weighted by molar-refractivity contribution is 7.89. The second-order valence-electron chi connectivity index (χ2n) is 13.8. The molecular weight excluding hydrogens is 541 g/mol. The summed E-state index contributed by atoms with van der Waals surface area (Å²) in [7, 11) is -3.79. The van der Waals surface area contributed by atoms with Crippen molar-refractivity contribution in [3.63, 3.8) is 0 Å². The molecule has 1 saturated carbocycles. The molecule has 2 N–H and O–H groups in total. The third-order valence-corrected chi connectivity index (χ3v) is 9.93. The molecular formula is C32H48FN3O4S. The molecule has 2 fully saturated rings. The second kappa shape index (κ2) is 12.6. The Labute approximate surface area is 245 Å². The minimum Gasteiger partial charge on any atom is -0.381 e. The summed E-state index contributed by atoms with van der Waals surface area (Å²) < 4.78 is 51.9. The van der Waals surface area contributed by atoms with Crippen molar-refractivity contribution in [2.45, 2.75) is 122 Å². The van der Waals surface area contributed by atoms with Crippen molar-refractivity contribution in [2.24, 2.45) is 5.92 Å². The molecule has 1 aromatic carbocycles. The Morgan fingerprint density at radius 3 is 2.24 bits per heavy atom. The fourth-order valence-corrected chi connectivity index (χ4v) is 7.90. The Morgan fingerprint density at radius 1 is 1.00 bits per heavy atom. The van der Waals surface area contributed by atoms with Crippen molar-refractivity contribution in [3.8, 4) is 11.3 Å². The summed E-state index contributed by atoms with van der Waals surface area (Å²) >= 11 is 0. The molecule has 41 heavy (non-hydrogen) atoms. The van der Waals surface area contributed by atoms with Gasteiger partial charge in [-0.15, -0.1) is 0 Å². The average molecular weight is 590 g/mol. The summed E-state index contributed by atoms with van der Waals surface area (Å²) in [6, 6.07) is 7.16. The molecule has 7 nitrogen and oxygen atoms in total. The number of aromatic nitrogens is 1. The Kier molecular flexibility index (Phi) is 9.71. The van der Waals surface area contributed by atoms with Crippen molar-refractivity contribution in [3.05, 3.63) is 41.1 Å². The molecule has 2 heterocycles. The highest BCUT2D eigenvalue weighted by Crippen LogP contribution is 2.37. The summed E-state index contributed by atoms with van der Waals surface area (Å²) in [4.78, 5) is 13.7. The average Bonchev–Trinajstić information content (AvgIpc) is 3.26. The Hall–Kier alpha value is -2.23. The molecule has 0 spiro atoms. The molecule has 9 heteroatoms. The molecule has 2 aromatic rings. The number of ether oxygens (including phenoxy) is 1. The third-order valence-electron chi connectivity index (χ3n) is 8.12. The molecule has 0 unspecified atom stereocenters. The van der Waals surface area contributed by atoms with Gasteiger partial charge in [0.2, 0.25) is 10.0 Å². The van der Waals surface area contributed by atoms with Gasteiger partial charge in [-0.2, -0.15) is 0 Å². The van der Waals surface area contributed by atoms with E-state index >= 15 is 0 Å². The lowest BCUT2D eigenvalue weighted by Crippen LogP contribution is -2.41. The SMILES string of the molecule is CC(C)(C)NS(=O)(=O)c1ccc(-c2cc(C(=O)NC3CCOCC3)c(CF)n2CC2CCCCC2)cc1C(C)(C)C. The number of rotatable bonds is 8. The summed E-state index contributed by atoms with van der Waals surface area (Å²) in [5.74, 6) is 0.141. The normalized spacial score (nSPS) is 18.0. The summed E-state index contributed by atoms with van der Waals surface area (Å²) in [6.45, 7) is 12.5. The van der Waals surface area contributed by atoms with Gasteiger partial charge in [0.25, 0.3) is 5.91 Å². The molecule has 0 atom stereocenters. The lowest BCUT2D eigenvalue weighted by Gasteiger charge is -2.27. The Bertz CT molecular complexity index is 1330. The largest absolute Gasteiger partial charge is 0.381 e. The first-order valence-corrected chi connectivity index (χ1v) is 16.5. The molecule has 1 aliphatic heterocycles. The van der Waals surface area contributed by atoms with Crippen LogP contribution >= 0.6 is 0 Å². The van der Waals surface area contributed by atoms with E-state index in [2.05, 4.69) is 10.0 Å². The van der Waals surface area contributed by atoms with Crippen LogP contribution in [0.1, 0.15) is 108 Å². The van der Waals surface area contributed by atoms with E-state index in [9.17, 15) is 17.6 Å². The number of carbonyl (C=O) groups is 1. The number of amides is 1. The van der Waals surface area contributed by atoms with Crippen molar-refractivity contribution < 1.29 is 22.3 Å². The van der Waals surface area contributed by atoms with E-state index in [0.717, 1.165) is 49.8 Å². The van der Waals surface area contributed by atoms with Gasteiger partial charge in [-0.1, -0.05) is 46.1 Å². The number of hydrogen-bond donors (Lipinski definition) is 2. The molecule has 0 bridgehead atoms. The molecule has 0 radical (unpaired) electrons. The van der Waals surface area contributed by atoms with Gasteiger partial charge in [-0.3, -0.25) is 4.79 Å². The lowest BCUT2D eigenvalue weighted by molar-refractivity contribution is 0.0695. The zero-order valence-corrected chi connectivity index (χ0v) is 26.4. The van der Waals surface area contributed by atoms with Crippen LogP contribution in [0.5, 0.6) is 0 Å². The maximum absolute atomic E-state index is 14.8. The van der Waals surface area contributed by atoms with Gasteiger partial charge >= 0.3 is 0 Å². The zero-order chi connectivity index (χ0) is 30.0. The van der Waals surface area contributed by atoms with E-state index in [1.165, 1.54) is 6.42 Å². The maximum atomic E-state index is 14.8. The van der Waals surface area contributed by atoms with E-state index in [1.54, 1.807) is 18.2 Å². The molecule has 1 aromatic heterocycles. The van der Waals surface area contributed by atoms with Crippen LogP contribution in [-0.4, -0.2) is 43.7 Å². The van der Waals surface area contributed by atoms with Gasteiger partial charge in [0.15, 0.2) is 0 Å². The van der Waals surface area contributed by atoms with Gasteiger partial charge in [-0.25, -0.2) is 17.5 Å². The van der Waals surface area contributed by atoms with Crippen LogP contribution in [0, 0.1) is 5.92 Å². The number of sulfonamides is 1. The van der Waals surface area contributed by atoms with Crippen LogP contribution in [-0.2, 0) is 33.4 Å². The smallest absolute Gasteiger partial charge is 0.253 e. The Balaban J connectivity index is 1.82. The first-order valence-electron chi connectivity index (χ1n) is 15.1. The van der Waals surface area contributed by atoms with Crippen molar-refractivity contribution in [1.29, 1.82) is 0 Å². The van der Waals surface area contributed by atoms with Crippen LogP contribution in [0.4, 0.5) is 4.39 Å². The number of benzene rings is 1. The highest BCUT2D eigenvalue weighted by Gasteiger charge is 2.31. The summed E-state index contributed by atoms with van der Waals surface area (Å²) in [6.07, 6.45) is 7.16. The van der Waals surface area contributed by atoms with Crippen LogP contribution < -0.4 is 10.0 Å². The quantitative estimate of drug-likeness (QED) is 0.369. The Morgan fingerprint density at radius 2 is 1.66 bits per heavy atom. The number of halogens is 1. The monoisotopic (exact) mass is 589 g/mol. The topological polar surface area (TPSA) is 89.4 Å². The summed E-state index contributed by atoms with van der Waals surface area (Å²) in [5, 5.41) is 3.11. The molecule has 228 valence electrons. The first kappa shape index (κ1) is 31.7. The van der Waals surface area contributed by atoms with E-state index in [1.807, 2.05) is 52.2 Å². The van der Waals surface area contributed by atoms with Gasteiger partial charge in [-0.05, 0) is 87.1 Å². The van der Waals surface area contributed by atoms with Crippen molar-refractivity contribution in [1.82, 2.24) is 14.6 Å². The van der Waals surface area contributed by atoms with E-state index in [4.69, 9.17) is 4.74 Å². The number of alkyl halides is 1. The minimum atomic E-state index is -3.79. The molecule has 2 aliphatic rings. The van der Waals surface area contributed by atoms with Gasteiger partial charge < -0.3 is 14.6 Å². The second-order valence-corrected chi connectivity index (χ2v) is 15.5. The fourth-order valence-electron chi connectivity index (χ4n) is 6.08. The number of hydrogen-bond acceptors (Lipinski definition) is 4. The highest BCUT2D eigenvalue weighted by atomic mass is 32.2. The first-order chi connectivity index (χ1) is 19.2. The van der Waals surface area contributed by atoms with Gasteiger partial charge in [0.1, 0.15) is 6.67 Å². The predicted octanol–water partition coefficient (Wildman–Crippen LogP) is 6.49. The van der Waals surface area contributed by atoms with Gasteiger partial charge in [0.05, 0.1) is 16.2 Å². The predicted molar refractivity (Wildman–Crippen MR) is 161 cm³/mol. The molecule has 1 saturated heterocycles. The molecule has 4 rings (SSSR count). The third kappa shape index (κ3) is 7.79. The zero-order valence-electron chi connectivity index (χ0n) is 25.6. The number of carbonyl (C=O) groups excluding carboxylic acids is 1. The van der Waals surface area contributed by atoms with Crippen LogP contribution in [0.25, 0.3) is 11.3 Å². The molecule has 1 aliphatic carbocycles.